The van der Waals surface area contributed by atoms with Crippen molar-refractivity contribution < 1.29 is 18.0 Å². The fourth-order valence-corrected chi connectivity index (χ4v) is 5.07. The quantitative estimate of drug-likeness (QED) is 0.571. The highest BCUT2D eigenvalue weighted by atomic mass is 19.4. The number of amides is 1. The van der Waals surface area contributed by atoms with E-state index in [0.29, 0.717) is 38.0 Å². The van der Waals surface area contributed by atoms with Gasteiger partial charge in [0, 0.05) is 63.1 Å². The number of benzene rings is 2. The number of alkyl halides is 3. The number of piperazine rings is 1. The molecule has 2 heterocycles. The van der Waals surface area contributed by atoms with E-state index in [0.717, 1.165) is 45.2 Å². The van der Waals surface area contributed by atoms with Crippen LogP contribution in [0.5, 0.6) is 0 Å². The van der Waals surface area contributed by atoms with Crippen LogP contribution in [0.4, 0.5) is 24.5 Å². The zero-order chi connectivity index (χ0) is 26.4. The fourth-order valence-electron chi connectivity index (χ4n) is 5.07. The maximum absolute atomic E-state index is 13.2. The van der Waals surface area contributed by atoms with Crippen molar-refractivity contribution in [2.75, 3.05) is 56.0 Å². The van der Waals surface area contributed by atoms with Crippen molar-refractivity contribution >= 4 is 17.3 Å². The molecular formula is C28H34F3N5O. The van der Waals surface area contributed by atoms with Crippen LogP contribution in [0.3, 0.4) is 0 Å². The molecule has 0 aromatic heterocycles. The number of anilines is 2. The van der Waals surface area contributed by atoms with Gasteiger partial charge in [-0.25, -0.2) is 0 Å². The monoisotopic (exact) mass is 513 g/mol. The first-order valence-electron chi connectivity index (χ1n) is 12.9. The first kappa shape index (κ1) is 26.8. The summed E-state index contributed by atoms with van der Waals surface area (Å²) in [4.78, 5) is 19.4. The zero-order valence-corrected chi connectivity index (χ0v) is 21.2. The first-order valence-corrected chi connectivity index (χ1v) is 12.9. The number of nitriles is 1. The number of hydrogen-bond donors (Lipinski definition) is 1. The third-order valence-corrected chi connectivity index (χ3v) is 7.30. The van der Waals surface area contributed by atoms with Crippen molar-refractivity contribution in [3.05, 3.63) is 59.2 Å². The molecule has 2 aliphatic heterocycles. The van der Waals surface area contributed by atoms with Gasteiger partial charge < -0.3 is 15.1 Å². The minimum Gasteiger partial charge on any atom is -0.382 e. The van der Waals surface area contributed by atoms with Crippen molar-refractivity contribution in [2.45, 2.75) is 44.8 Å². The van der Waals surface area contributed by atoms with Crippen molar-refractivity contribution in [1.29, 1.82) is 5.26 Å². The number of carbonyl (C=O) groups is 1. The normalized spacial score (nSPS) is 17.5. The first-order chi connectivity index (χ1) is 17.7. The van der Waals surface area contributed by atoms with E-state index >= 15 is 0 Å². The number of hydrogen-bond acceptors (Lipinski definition) is 5. The largest absolute Gasteiger partial charge is 0.417 e. The predicted molar refractivity (Wildman–Crippen MR) is 138 cm³/mol. The molecule has 0 aliphatic carbocycles. The Kier molecular flexibility index (Phi) is 8.59. The maximum atomic E-state index is 13.2. The summed E-state index contributed by atoms with van der Waals surface area (Å²) in [6.07, 6.45) is -1.89. The van der Waals surface area contributed by atoms with E-state index in [9.17, 15) is 18.0 Å². The van der Waals surface area contributed by atoms with E-state index in [-0.39, 0.29) is 17.5 Å². The highest BCUT2D eigenvalue weighted by molar-refractivity contribution is 5.76. The van der Waals surface area contributed by atoms with E-state index in [1.165, 1.54) is 23.4 Å². The third-order valence-electron chi connectivity index (χ3n) is 7.30. The Morgan fingerprint density at radius 2 is 1.70 bits per heavy atom. The molecule has 2 saturated heterocycles. The Labute approximate surface area is 216 Å². The summed E-state index contributed by atoms with van der Waals surface area (Å²) in [6.45, 7) is 8.14. The summed E-state index contributed by atoms with van der Waals surface area (Å²) in [5.41, 5.74) is 1.56. The molecule has 6 nitrogen and oxygen atoms in total. The van der Waals surface area contributed by atoms with Gasteiger partial charge in [-0.1, -0.05) is 17.7 Å². The highest BCUT2D eigenvalue weighted by Gasteiger charge is 2.34. The van der Waals surface area contributed by atoms with Crippen LogP contribution in [0.25, 0.3) is 0 Å². The molecule has 0 bridgehead atoms. The number of nitrogens with one attached hydrogen (secondary N) is 1. The summed E-state index contributed by atoms with van der Waals surface area (Å²) >= 11 is 0. The van der Waals surface area contributed by atoms with Crippen LogP contribution >= 0.6 is 0 Å². The van der Waals surface area contributed by atoms with Crippen molar-refractivity contribution in [2.24, 2.45) is 0 Å². The van der Waals surface area contributed by atoms with Gasteiger partial charge in [0.15, 0.2) is 0 Å². The molecule has 0 saturated carbocycles. The SMILES string of the molecule is Cc1ccc(N2CCN(CCCC(=O)N3CCC(Nc4ccc(C#N)c(C(F)(F)F)c4)CC3)CC2)cc1. The topological polar surface area (TPSA) is 62.6 Å². The fraction of sp³-hybridized carbons (Fsp3) is 0.500. The minimum absolute atomic E-state index is 0.0112. The molecule has 2 fully saturated rings. The van der Waals surface area contributed by atoms with E-state index in [1.54, 1.807) is 6.07 Å². The van der Waals surface area contributed by atoms with E-state index < -0.39 is 11.7 Å². The number of rotatable bonds is 7. The average Bonchev–Trinajstić information content (AvgIpc) is 2.89. The molecular weight excluding hydrogens is 479 g/mol. The number of carbonyl (C=O) groups excluding carboxylic acids is 1. The van der Waals surface area contributed by atoms with Crippen molar-refractivity contribution in [1.82, 2.24) is 9.80 Å². The Balaban J connectivity index is 1.16. The number of halogens is 3. The summed E-state index contributed by atoms with van der Waals surface area (Å²) in [5.74, 6) is 0.148. The molecule has 2 aromatic carbocycles. The van der Waals surface area contributed by atoms with Crippen molar-refractivity contribution in [3.63, 3.8) is 0 Å². The Bertz CT molecular complexity index is 1100. The third kappa shape index (κ3) is 7.16. The maximum Gasteiger partial charge on any atom is 0.417 e. The molecule has 1 N–H and O–H groups in total. The molecule has 0 atom stereocenters. The van der Waals surface area contributed by atoms with Gasteiger partial charge in [0.25, 0.3) is 0 Å². The van der Waals surface area contributed by atoms with Gasteiger partial charge in [-0.2, -0.15) is 18.4 Å². The van der Waals surface area contributed by atoms with Crippen LogP contribution in [0.2, 0.25) is 0 Å². The van der Waals surface area contributed by atoms with Crippen LogP contribution in [-0.2, 0) is 11.0 Å². The Morgan fingerprint density at radius 1 is 1.03 bits per heavy atom. The second-order valence-electron chi connectivity index (χ2n) is 9.94. The molecule has 2 aliphatic rings. The summed E-state index contributed by atoms with van der Waals surface area (Å²) in [6, 6.07) is 13.9. The minimum atomic E-state index is -4.58. The van der Waals surface area contributed by atoms with Gasteiger partial charge in [-0.05, 0) is 63.1 Å². The highest BCUT2D eigenvalue weighted by Crippen LogP contribution is 2.34. The number of likely N-dealkylation sites (tertiary alicyclic amines) is 1. The van der Waals surface area contributed by atoms with E-state index in [2.05, 4.69) is 46.3 Å². The molecule has 0 spiro atoms. The molecule has 4 rings (SSSR count). The summed E-state index contributed by atoms with van der Waals surface area (Å²) in [7, 11) is 0. The van der Waals surface area contributed by atoms with Gasteiger partial charge in [-0.3, -0.25) is 9.69 Å². The number of piperidine rings is 1. The second-order valence-corrected chi connectivity index (χ2v) is 9.94. The molecule has 2 aromatic rings. The average molecular weight is 514 g/mol. The van der Waals surface area contributed by atoms with E-state index in [4.69, 9.17) is 5.26 Å². The lowest BCUT2D eigenvalue weighted by molar-refractivity contribution is -0.137. The number of nitrogens with zero attached hydrogens (tertiary/aromatic N) is 4. The van der Waals surface area contributed by atoms with Crippen molar-refractivity contribution in [3.8, 4) is 6.07 Å². The lowest BCUT2D eigenvalue weighted by Crippen LogP contribution is -2.47. The smallest absolute Gasteiger partial charge is 0.382 e. The van der Waals surface area contributed by atoms with Crippen LogP contribution in [-0.4, -0.2) is 67.6 Å². The van der Waals surface area contributed by atoms with Gasteiger partial charge in [0.05, 0.1) is 17.2 Å². The molecule has 0 unspecified atom stereocenters. The van der Waals surface area contributed by atoms with Crippen LogP contribution < -0.4 is 10.2 Å². The van der Waals surface area contributed by atoms with Gasteiger partial charge >= 0.3 is 6.18 Å². The molecule has 198 valence electrons. The van der Waals surface area contributed by atoms with Crippen LogP contribution in [0.15, 0.2) is 42.5 Å². The Morgan fingerprint density at radius 3 is 2.32 bits per heavy atom. The van der Waals surface area contributed by atoms with Gasteiger partial charge in [0.2, 0.25) is 5.91 Å². The van der Waals surface area contributed by atoms with Gasteiger partial charge in [-0.15, -0.1) is 0 Å². The van der Waals surface area contributed by atoms with Crippen LogP contribution in [0, 0.1) is 18.3 Å². The van der Waals surface area contributed by atoms with Crippen LogP contribution in [0.1, 0.15) is 42.4 Å². The Hall–Kier alpha value is -3.25. The molecule has 1 amide bonds. The predicted octanol–water partition coefficient (Wildman–Crippen LogP) is 4.89. The molecule has 9 heteroatoms. The van der Waals surface area contributed by atoms with Gasteiger partial charge in [0.1, 0.15) is 0 Å². The van der Waals surface area contributed by atoms with E-state index in [1.807, 2.05) is 4.90 Å². The lowest BCUT2D eigenvalue weighted by Gasteiger charge is -2.36. The summed E-state index contributed by atoms with van der Waals surface area (Å²) in [5, 5.41) is 12.1. The second kappa shape index (κ2) is 11.9. The standard InChI is InChI=1S/C28H34F3N5O/c1-21-4-8-25(9-5-21)35-17-15-34(16-18-35)12-2-3-27(37)36-13-10-23(11-14-36)33-24-7-6-22(20-32)26(19-24)28(29,30)31/h4-9,19,23,33H,2-3,10-18H2,1H3. The zero-order valence-electron chi connectivity index (χ0n) is 21.2. The number of aryl methyl sites for hydroxylation is 1. The summed E-state index contributed by atoms with van der Waals surface area (Å²) < 4.78 is 39.7. The molecule has 37 heavy (non-hydrogen) atoms. The molecule has 0 radical (unpaired) electrons. The lowest BCUT2D eigenvalue weighted by atomic mass is 10.0.